The predicted molar refractivity (Wildman–Crippen MR) is 230 cm³/mol. The predicted octanol–water partition coefficient (Wildman–Crippen LogP) is -1.21. The fourth-order valence-corrected chi connectivity index (χ4v) is 7.28. The Morgan fingerprint density at radius 3 is 1.88 bits per heavy atom. The van der Waals surface area contributed by atoms with Gasteiger partial charge in [0.05, 0.1) is 6.04 Å². The number of nitrogens with two attached hydrogens (primary N) is 2. The number of H-pyrrole nitrogens is 1. The first-order valence-electron chi connectivity index (χ1n) is 21.0. The van der Waals surface area contributed by atoms with E-state index in [2.05, 4.69) is 31.6 Å². The van der Waals surface area contributed by atoms with Gasteiger partial charge in [0.25, 0.3) is 0 Å². The fourth-order valence-electron chi connectivity index (χ4n) is 7.28. The summed E-state index contributed by atoms with van der Waals surface area (Å²) in [6.45, 7) is 1.18. The Labute approximate surface area is 372 Å². The summed E-state index contributed by atoms with van der Waals surface area (Å²) >= 11 is 0. The molecule has 1 saturated heterocycles. The van der Waals surface area contributed by atoms with Gasteiger partial charge in [-0.1, -0.05) is 48.5 Å². The van der Waals surface area contributed by atoms with Crippen molar-refractivity contribution in [1.82, 2.24) is 36.5 Å². The number of carboxylic acids is 3. The molecule has 2 heterocycles. The van der Waals surface area contributed by atoms with Crippen molar-refractivity contribution in [3.63, 3.8) is 0 Å². The van der Waals surface area contributed by atoms with Gasteiger partial charge in [0, 0.05) is 49.3 Å². The van der Waals surface area contributed by atoms with E-state index in [9.17, 15) is 63.3 Å². The van der Waals surface area contributed by atoms with Gasteiger partial charge in [0.1, 0.15) is 36.3 Å². The van der Waals surface area contributed by atoms with Crippen molar-refractivity contribution in [2.75, 3.05) is 6.54 Å². The third kappa shape index (κ3) is 15.2. The number of fused-ring (bicyclic) bond motifs is 1. The van der Waals surface area contributed by atoms with E-state index in [1.54, 1.807) is 60.8 Å². The third-order valence-corrected chi connectivity index (χ3v) is 10.8. The van der Waals surface area contributed by atoms with E-state index in [-0.39, 0.29) is 38.6 Å². The smallest absolute Gasteiger partial charge is 0.325 e. The van der Waals surface area contributed by atoms with Crippen LogP contribution in [0.3, 0.4) is 0 Å². The van der Waals surface area contributed by atoms with Gasteiger partial charge < -0.3 is 63.3 Å². The molecule has 0 radical (unpaired) electrons. The molecule has 1 aromatic heterocycles. The first-order chi connectivity index (χ1) is 30.8. The summed E-state index contributed by atoms with van der Waals surface area (Å²) in [5.74, 6) is -10.2. The number of nitrogens with zero attached hydrogens (tertiary/aromatic N) is 1. The van der Waals surface area contributed by atoms with Crippen LogP contribution in [-0.4, -0.2) is 133 Å². The number of carbonyl (C=O) groups excluding carboxylic acids is 7. The van der Waals surface area contributed by atoms with E-state index in [0.717, 1.165) is 15.8 Å². The fraction of sp³-hybridized carbons (Fsp3) is 0.442. The Hall–Kier alpha value is -7.36. The molecule has 65 heavy (non-hydrogen) atoms. The molecule has 22 nitrogen and oxygen atoms in total. The van der Waals surface area contributed by atoms with E-state index < -0.39 is 134 Å². The summed E-state index contributed by atoms with van der Waals surface area (Å²) in [4.78, 5) is 133. The second-order valence-electron chi connectivity index (χ2n) is 15.7. The number of aromatic amines is 1. The SMILES string of the molecule is C[C@H](NC(=O)[C@H](Cc1c[nH]c2ccccc12)NC(=O)[C@H](CCC(N)=O)NC(=O)[C@@H]1CCCN1C(=O)[C@H](CCC(=O)O)NC(=O)[C@H](CCC(=O)O)NC(=O)[C@@H](N)Cc1ccccc1)C(=O)O. The Kier molecular flexibility index (Phi) is 18.5. The summed E-state index contributed by atoms with van der Waals surface area (Å²) in [5, 5.41) is 41.3. The Bertz CT molecular complexity index is 2230. The lowest BCUT2D eigenvalue weighted by Gasteiger charge is -2.31. The van der Waals surface area contributed by atoms with Crippen molar-refractivity contribution in [2.45, 2.75) is 113 Å². The van der Waals surface area contributed by atoms with Crippen molar-refractivity contribution in [1.29, 1.82) is 0 Å². The zero-order valence-electron chi connectivity index (χ0n) is 35.6. The molecule has 0 unspecified atom stereocenters. The summed E-state index contributed by atoms with van der Waals surface area (Å²) < 4.78 is 0. The van der Waals surface area contributed by atoms with E-state index in [4.69, 9.17) is 11.5 Å². The molecule has 7 atom stereocenters. The second kappa shape index (κ2) is 23.9. The summed E-state index contributed by atoms with van der Waals surface area (Å²) in [6.07, 6.45) is -0.953. The van der Waals surface area contributed by atoms with Gasteiger partial charge >= 0.3 is 17.9 Å². The number of benzene rings is 2. The van der Waals surface area contributed by atoms with Crippen LogP contribution in [0.15, 0.2) is 60.8 Å². The highest BCUT2D eigenvalue weighted by atomic mass is 16.4. The topological polar surface area (TPSA) is 363 Å². The van der Waals surface area contributed by atoms with Crippen LogP contribution in [0.5, 0.6) is 0 Å². The number of nitrogens with one attached hydrogen (secondary N) is 6. The molecule has 22 heteroatoms. The largest absolute Gasteiger partial charge is 0.481 e. The van der Waals surface area contributed by atoms with E-state index in [0.29, 0.717) is 11.1 Å². The van der Waals surface area contributed by atoms with Crippen LogP contribution in [0.4, 0.5) is 0 Å². The zero-order valence-corrected chi connectivity index (χ0v) is 35.6. The van der Waals surface area contributed by atoms with Crippen LogP contribution in [-0.2, 0) is 60.8 Å². The highest BCUT2D eigenvalue weighted by molar-refractivity contribution is 5.98. The summed E-state index contributed by atoms with van der Waals surface area (Å²) in [7, 11) is 0. The van der Waals surface area contributed by atoms with Gasteiger partial charge in [-0.25, -0.2) is 0 Å². The first-order valence-corrected chi connectivity index (χ1v) is 21.0. The molecular formula is C43H55N9O13. The van der Waals surface area contributed by atoms with Crippen molar-refractivity contribution < 1.29 is 63.3 Å². The number of hydrogen-bond donors (Lipinski definition) is 11. The van der Waals surface area contributed by atoms with Crippen LogP contribution in [0, 0.1) is 0 Å². The number of aromatic nitrogens is 1. The quantitative estimate of drug-likeness (QED) is 0.0476. The molecule has 13 N–H and O–H groups in total. The molecule has 1 aliphatic heterocycles. The molecule has 350 valence electrons. The van der Waals surface area contributed by atoms with Crippen molar-refractivity contribution in [3.05, 3.63) is 71.9 Å². The molecule has 2 aromatic carbocycles. The molecule has 7 amide bonds. The molecule has 0 aliphatic carbocycles. The lowest BCUT2D eigenvalue weighted by Crippen LogP contribution is -2.59. The highest BCUT2D eigenvalue weighted by Gasteiger charge is 2.40. The number of carbonyl (C=O) groups is 10. The summed E-state index contributed by atoms with van der Waals surface area (Å²) in [6, 6.07) is 6.06. The van der Waals surface area contributed by atoms with E-state index >= 15 is 0 Å². The number of carboxylic acid groups (broad SMARTS) is 3. The zero-order chi connectivity index (χ0) is 47.8. The van der Waals surface area contributed by atoms with Crippen LogP contribution in [0.2, 0.25) is 0 Å². The van der Waals surface area contributed by atoms with Crippen LogP contribution in [0.25, 0.3) is 10.9 Å². The van der Waals surface area contributed by atoms with Crippen molar-refractivity contribution in [3.8, 4) is 0 Å². The van der Waals surface area contributed by atoms with E-state index in [1.165, 1.54) is 6.92 Å². The molecule has 0 spiro atoms. The van der Waals surface area contributed by atoms with Crippen molar-refractivity contribution in [2.24, 2.45) is 11.5 Å². The van der Waals surface area contributed by atoms with Gasteiger partial charge in [0.15, 0.2) is 0 Å². The molecular weight excluding hydrogens is 851 g/mol. The minimum atomic E-state index is -1.58. The monoisotopic (exact) mass is 905 g/mol. The van der Waals surface area contributed by atoms with Crippen LogP contribution >= 0.6 is 0 Å². The maximum absolute atomic E-state index is 14.2. The summed E-state index contributed by atoms with van der Waals surface area (Å²) in [5.41, 5.74) is 13.5. The van der Waals surface area contributed by atoms with Gasteiger partial charge in [-0.05, 0) is 62.6 Å². The number of amides is 7. The maximum atomic E-state index is 14.2. The molecule has 1 fully saturated rings. The van der Waals surface area contributed by atoms with Gasteiger partial charge in [0.2, 0.25) is 41.4 Å². The normalized spacial score (nSPS) is 16.2. The van der Waals surface area contributed by atoms with E-state index in [1.807, 2.05) is 0 Å². The van der Waals surface area contributed by atoms with Crippen LogP contribution in [0.1, 0.15) is 69.4 Å². The Morgan fingerprint density at radius 1 is 0.692 bits per heavy atom. The van der Waals surface area contributed by atoms with Crippen LogP contribution < -0.4 is 38.1 Å². The first kappa shape index (κ1) is 50.3. The minimum absolute atomic E-state index is 0.0450. The number of para-hydroxylation sites is 1. The molecule has 0 saturated carbocycles. The number of hydrogen-bond acceptors (Lipinski definition) is 11. The standard InChI is InChI=1S/C43H55N9O13/c1-23(43(64)65)47-40(61)32(21-25-22-46-28-11-6-5-10-26(25)28)51-39(60)29(13-16-34(45)53)49-41(62)33-12-7-19-52(33)42(63)31(15-18-36(56)57)50-38(59)30(14-17-35(54)55)48-37(58)27(44)20-24-8-3-2-4-9-24/h2-6,8-11,22-23,27,29-33,46H,7,12-21,44H2,1H3,(H2,45,53)(H,47,61)(H,48,58)(H,49,62)(H,50,59)(H,51,60)(H,54,55)(H,56,57)(H,64,65)/t23-,27-,29-,30-,31-,32-,33-/m0/s1. The molecule has 4 rings (SSSR count). The maximum Gasteiger partial charge on any atom is 0.325 e. The number of rotatable bonds is 25. The average molecular weight is 906 g/mol. The second-order valence-corrected chi connectivity index (χ2v) is 15.7. The van der Waals surface area contributed by atoms with Gasteiger partial charge in [-0.15, -0.1) is 0 Å². The highest BCUT2D eigenvalue weighted by Crippen LogP contribution is 2.22. The number of aliphatic carboxylic acids is 3. The van der Waals surface area contributed by atoms with Gasteiger partial charge in [-0.3, -0.25) is 47.9 Å². The molecule has 1 aliphatic rings. The molecule has 0 bridgehead atoms. The average Bonchev–Trinajstić information content (AvgIpc) is 3.92. The Morgan fingerprint density at radius 2 is 1.25 bits per heavy atom. The van der Waals surface area contributed by atoms with Gasteiger partial charge in [-0.2, -0.15) is 0 Å². The molecule has 3 aromatic rings. The third-order valence-electron chi connectivity index (χ3n) is 10.8. The number of likely N-dealkylation sites (tertiary alicyclic amines) is 1. The Balaban J connectivity index is 1.53. The number of primary amides is 1. The van der Waals surface area contributed by atoms with Crippen molar-refractivity contribution >= 4 is 70.2 Å². The minimum Gasteiger partial charge on any atom is -0.481 e. The lowest BCUT2D eigenvalue weighted by molar-refractivity contribution is -0.144. The lowest BCUT2D eigenvalue weighted by atomic mass is 10.0.